The van der Waals surface area contributed by atoms with Gasteiger partial charge in [0.15, 0.2) is 0 Å². The number of ether oxygens (including phenoxy) is 1. The van der Waals surface area contributed by atoms with E-state index >= 15 is 0 Å². The second-order valence-electron chi connectivity index (χ2n) is 7.57. The van der Waals surface area contributed by atoms with Gasteiger partial charge in [0.2, 0.25) is 0 Å². The highest BCUT2D eigenvalue weighted by molar-refractivity contribution is 5.58. The molecule has 5 nitrogen and oxygen atoms in total. The van der Waals surface area contributed by atoms with Crippen LogP contribution in [0.5, 0.6) is 5.75 Å². The third kappa shape index (κ3) is 3.91. The molecule has 2 aromatic rings. The normalized spacial score (nSPS) is 17.1. The Kier molecular flexibility index (Phi) is 4.43. The summed E-state index contributed by atoms with van der Waals surface area (Å²) >= 11 is 0. The van der Waals surface area contributed by atoms with E-state index in [1.54, 1.807) is 16.7 Å². The van der Waals surface area contributed by atoms with E-state index in [0.717, 1.165) is 16.9 Å². The zero-order valence-electron chi connectivity index (χ0n) is 15.1. The molecule has 25 heavy (non-hydrogen) atoms. The Balaban J connectivity index is 1.89. The Morgan fingerprint density at radius 3 is 2.60 bits per heavy atom. The maximum absolute atomic E-state index is 13.7. The van der Waals surface area contributed by atoms with E-state index in [1.165, 1.54) is 0 Å². The van der Waals surface area contributed by atoms with Gasteiger partial charge in [-0.05, 0) is 11.6 Å². The Bertz CT molecular complexity index is 752. The fraction of sp³-hybridized carbons (Fsp3) is 0.556. The van der Waals surface area contributed by atoms with Crippen LogP contribution in [0.2, 0.25) is 0 Å². The second-order valence-corrected chi connectivity index (χ2v) is 7.57. The van der Waals surface area contributed by atoms with E-state index in [-0.39, 0.29) is 18.4 Å². The van der Waals surface area contributed by atoms with E-state index < -0.39 is 5.92 Å². The minimum absolute atomic E-state index is 0.0853. The lowest BCUT2D eigenvalue weighted by atomic mass is 9.93. The molecule has 1 saturated heterocycles. The molecule has 0 saturated carbocycles. The quantitative estimate of drug-likeness (QED) is 0.847. The molecule has 0 unspecified atom stereocenters. The highest BCUT2D eigenvalue weighted by atomic mass is 19.3. The van der Waals surface area contributed by atoms with Crippen LogP contribution in [0.3, 0.4) is 0 Å². The smallest absolute Gasteiger partial charge is 0.266 e. The summed E-state index contributed by atoms with van der Waals surface area (Å²) in [6, 6.07) is 5.57. The molecule has 0 amide bonds. The van der Waals surface area contributed by atoms with Gasteiger partial charge < -0.3 is 9.64 Å². The number of aromatic nitrogens is 3. The Labute approximate surface area is 146 Å². The lowest BCUT2D eigenvalue weighted by Gasteiger charge is -2.22. The third-order valence-corrected chi connectivity index (χ3v) is 4.44. The molecule has 1 aliphatic rings. The maximum atomic E-state index is 13.7. The van der Waals surface area contributed by atoms with Gasteiger partial charge in [-0.3, -0.25) is 0 Å². The zero-order valence-corrected chi connectivity index (χ0v) is 15.1. The van der Waals surface area contributed by atoms with Crippen LogP contribution < -0.4 is 9.64 Å². The molecule has 2 heterocycles. The van der Waals surface area contributed by atoms with Crippen molar-refractivity contribution < 1.29 is 13.5 Å². The number of halogens is 2. The van der Waals surface area contributed by atoms with Crippen LogP contribution in [-0.2, 0) is 12.0 Å². The van der Waals surface area contributed by atoms with Gasteiger partial charge in [-0.1, -0.05) is 32.1 Å². The first-order valence-corrected chi connectivity index (χ1v) is 8.38. The minimum atomic E-state index is -2.65. The van der Waals surface area contributed by atoms with Crippen LogP contribution in [0.4, 0.5) is 14.5 Å². The van der Waals surface area contributed by atoms with Crippen molar-refractivity contribution in [3.05, 3.63) is 35.7 Å². The van der Waals surface area contributed by atoms with Crippen molar-refractivity contribution in [2.75, 3.05) is 25.1 Å². The average Bonchev–Trinajstić information content (AvgIpc) is 3.14. The van der Waals surface area contributed by atoms with Crippen LogP contribution >= 0.6 is 0 Å². The third-order valence-electron chi connectivity index (χ3n) is 4.44. The summed E-state index contributed by atoms with van der Waals surface area (Å²) in [6.07, 6.45) is 1.79. The topological polar surface area (TPSA) is 43.2 Å². The molecule has 1 fully saturated rings. The van der Waals surface area contributed by atoms with Gasteiger partial charge in [0.05, 0.1) is 25.9 Å². The molecule has 0 spiro atoms. The number of rotatable bonds is 4. The molecule has 1 aromatic heterocycles. The lowest BCUT2D eigenvalue weighted by Crippen LogP contribution is -2.26. The number of methoxy groups -OCH3 is 1. The van der Waals surface area contributed by atoms with Gasteiger partial charge in [0, 0.05) is 36.3 Å². The van der Waals surface area contributed by atoms with E-state index in [2.05, 4.69) is 31.1 Å². The molecule has 0 atom stereocenters. The minimum Gasteiger partial charge on any atom is -0.497 e. The average molecular weight is 350 g/mol. The number of hydrogen-bond acceptors (Lipinski definition) is 4. The molecule has 1 aliphatic heterocycles. The Morgan fingerprint density at radius 1 is 1.28 bits per heavy atom. The number of alkyl halides is 2. The molecular formula is C18H24F2N4O. The summed E-state index contributed by atoms with van der Waals surface area (Å²) < 4.78 is 34.3. The van der Waals surface area contributed by atoms with Gasteiger partial charge in [-0.15, -0.1) is 5.10 Å². The highest BCUT2D eigenvalue weighted by Gasteiger charge is 2.39. The molecule has 1 aromatic carbocycles. The summed E-state index contributed by atoms with van der Waals surface area (Å²) in [4.78, 5) is 1.72. The Hall–Kier alpha value is -2.18. The number of nitrogens with zero attached hydrogens (tertiary/aromatic N) is 4. The van der Waals surface area contributed by atoms with Crippen molar-refractivity contribution in [2.24, 2.45) is 0 Å². The van der Waals surface area contributed by atoms with Gasteiger partial charge in [0.1, 0.15) is 5.75 Å². The van der Waals surface area contributed by atoms with Crippen LogP contribution in [0.25, 0.3) is 0 Å². The predicted octanol–water partition coefficient (Wildman–Crippen LogP) is 3.48. The fourth-order valence-electron chi connectivity index (χ4n) is 2.93. The number of benzene rings is 1. The highest BCUT2D eigenvalue weighted by Crippen LogP contribution is 2.35. The first-order valence-electron chi connectivity index (χ1n) is 8.38. The summed E-state index contributed by atoms with van der Waals surface area (Å²) in [5.41, 5.74) is 2.50. The van der Waals surface area contributed by atoms with Gasteiger partial charge in [-0.2, -0.15) is 0 Å². The van der Waals surface area contributed by atoms with Crippen LogP contribution in [0.1, 0.15) is 38.4 Å². The molecule has 0 radical (unpaired) electrons. The van der Waals surface area contributed by atoms with Crippen LogP contribution in [0, 0.1) is 0 Å². The molecule has 7 heteroatoms. The molecular weight excluding hydrogens is 326 g/mol. The Morgan fingerprint density at radius 2 is 2.04 bits per heavy atom. The first kappa shape index (κ1) is 17.6. The van der Waals surface area contributed by atoms with Crippen molar-refractivity contribution in [3.8, 4) is 5.75 Å². The maximum Gasteiger partial charge on any atom is 0.266 e. The second kappa shape index (κ2) is 6.28. The SMILES string of the molecule is COc1ccc(Cn2cc(C(C)(C)C)nn2)c(N2CCC(F)(F)C2)c1. The summed E-state index contributed by atoms with van der Waals surface area (Å²) in [5.74, 6) is -1.99. The van der Waals surface area contributed by atoms with Gasteiger partial charge in [-0.25, -0.2) is 13.5 Å². The van der Waals surface area contributed by atoms with E-state index in [0.29, 0.717) is 18.8 Å². The standard InChI is InChI=1S/C18H24F2N4O/c1-17(2,3)16-11-24(22-21-16)10-13-5-6-14(25-4)9-15(13)23-8-7-18(19,20)12-23/h5-6,9,11H,7-8,10,12H2,1-4H3. The number of hydrogen-bond donors (Lipinski definition) is 0. The lowest BCUT2D eigenvalue weighted by molar-refractivity contribution is 0.0257. The summed E-state index contributed by atoms with van der Waals surface area (Å²) in [7, 11) is 1.57. The molecule has 3 rings (SSSR count). The van der Waals surface area contributed by atoms with Crippen LogP contribution in [0.15, 0.2) is 24.4 Å². The zero-order chi connectivity index (χ0) is 18.2. The van der Waals surface area contributed by atoms with Crippen molar-refractivity contribution in [2.45, 2.75) is 45.1 Å². The van der Waals surface area contributed by atoms with E-state index in [9.17, 15) is 8.78 Å². The van der Waals surface area contributed by atoms with Crippen molar-refractivity contribution in [3.63, 3.8) is 0 Å². The molecule has 136 valence electrons. The van der Waals surface area contributed by atoms with Crippen molar-refractivity contribution in [1.82, 2.24) is 15.0 Å². The van der Waals surface area contributed by atoms with E-state index in [1.807, 2.05) is 24.4 Å². The van der Waals surface area contributed by atoms with E-state index in [4.69, 9.17) is 4.74 Å². The summed E-state index contributed by atoms with van der Waals surface area (Å²) in [6.45, 7) is 6.77. The molecule has 0 N–H and O–H groups in total. The van der Waals surface area contributed by atoms with Crippen LogP contribution in [-0.4, -0.2) is 41.1 Å². The predicted molar refractivity (Wildman–Crippen MR) is 92.6 cm³/mol. The fourth-order valence-corrected chi connectivity index (χ4v) is 2.93. The van der Waals surface area contributed by atoms with Crippen molar-refractivity contribution in [1.29, 1.82) is 0 Å². The number of anilines is 1. The monoisotopic (exact) mass is 350 g/mol. The molecule has 0 aliphatic carbocycles. The largest absolute Gasteiger partial charge is 0.497 e. The van der Waals surface area contributed by atoms with Gasteiger partial charge >= 0.3 is 0 Å². The molecule has 0 bridgehead atoms. The van der Waals surface area contributed by atoms with Crippen molar-refractivity contribution >= 4 is 5.69 Å². The van der Waals surface area contributed by atoms with Gasteiger partial charge in [0.25, 0.3) is 5.92 Å². The first-order chi connectivity index (χ1) is 11.7. The summed E-state index contributed by atoms with van der Waals surface area (Å²) in [5, 5.41) is 8.41.